The van der Waals surface area contributed by atoms with Crippen molar-refractivity contribution in [2.24, 2.45) is 0 Å². The summed E-state index contributed by atoms with van der Waals surface area (Å²) in [5, 5.41) is 0. The summed E-state index contributed by atoms with van der Waals surface area (Å²) >= 11 is 0. The van der Waals surface area contributed by atoms with Gasteiger partial charge in [-0.3, -0.25) is 4.79 Å². The van der Waals surface area contributed by atoms with Crippen LogP contribution in [-0.2, 0) is 0 Å². The molecule has 70 valence electrons. The minimum atomic E-state index is -0.494. The first-order valence-electron chi connectivity index (χ1n) is 3.92. The molecular weight excluding hydrogens is 171 g/mol. The van der Waals surface area contributed by atoms with Gasteiger partial charge in [0.25, 0.3) is 0 Å². The van der Waals surface area contributed by atoms with Crippen LogP contribution in [0, 0.1) is 12.7 Å². The lowest BCUT2D eigenvalue weighted by molar-refractivity contribution is 0.101. The summed E-state index contributed by atoms with van der Waals surface area (Å²) in [5.74, 6) is -0.308. The molecule has 0 N–H and O–H groups in total. The molecule has 0 heterocycles. The number of carbonyl (C=O) groups is 1. The van der Waals surface area contributed by atoms with Crippen molar-refractivity contribution < 1.29 is 13.9 Å². The number of rotatable bonds is 2. The number of methoxy groups -OCH3 is 1. The number of ketones is 1. The monoisotopic (exact) mass is 182 g/mol. The summed E-state index contributed by atoms with van der Waals surface area (Å²) in [6.07, 6.45) is 0. The van der Waals surface area contributed by atoms with Crippen molar-refractivity contribution in [2.45, 2.75) is 13.8 Å². The van der Waals surface area contributed by atoms with E-state index in [2.05, 4.69) is 0 Å². The van der Waals surface area contributed by atoms with Crippen LogP contribution >= 0.6 is 0 Å². The molecule has 0 aromatic heterocycles. The van der Waals surface area contributed by atoms with Gasteiger partial charge in [0, 0.05) is 5.56 Å². The normalized spacial score (nSPS) is 9.85. The summed E-state index contributed by atoms with van der Waals surface area (Å²) in [5.41, 5.74) is 0.480. The molecular formula is C10H11FO2. The van der Waals surface area contributed by atoms with E-state index in [-0.39, 0.29) is 11.3 Å². The van der Waals surface area contributed by atoms with E-state index in [1.165, 1.54) is 20.1 Å². The van der Waals surface area contributed by atoms with Crippen LogP contribution in [0.5, 0.6) is 5.75 Å². The Balaban J connectivity index is 3.31. The fourth-order valence-corrected chi connectivity index (χ4v) is 1.16. The predicted molar refractivity (Wildman–Crippen MR) is 47.7 cm³/mol. The van der Waals surface area contributed by atoms with E-state index in [0.717, 1.165) is 0 Å². The lowest BCUT2D eigenvalue weighted by atomic mass is 10.1. The quantitative estimate of drug-likeness (QED) is 0.656. The van der Waals surface area contributed by atoms with Crippen LogP contribution in [0.1, 0.15) is 22.8 Å². The molecule has 1 aromatic carbocycles. The second kappa shape index (κ2) is 3.56. The smallest absolute Gasteiger partial charge is 0.162 e. The zero-order valence-electron chi connectivity index (χ0n) is 7.85. The molecule has 0 unspecified atom stereocenters. The van der Waals surface area contributed by atoms with Gasteiger partial charge < -0.3 is 4.74 Å². The third-order valence-electron chi connectivity index (χ3n) is 1.94. The van der Waals surface area contributed by atoms with Crippen molar-refractivity contribution in [3.63, 3.8) is 0 Å². The average molecular weight is 182 g/mol. The molecule has 0 fully saturated rings. The lowest BCUT2D eigenvalue weighted by Gasteiger charge is -2.07. The highest BCUT2D eigenvalue weighted by Crippen LogP contribution is 2.23. The standard InChI is InChI=1S/C10H11FO2/c1-6-9(13-3)5-4-8(7(2)12)10(6)11/h4-5H,1-3H3. The molecule has 0 spiro atoms. The van der Waals surface area contributed by atoms with Gasteiger partial charge in [0.05, 0.1) is 12.7 Å². The van der Waals surface area contributed by atoms with E-state index >= 15 is 0 Å². The molecule has 2 nitrogen and oxygen atoms in total. The number of Topliss-reactive ketones (excluding diaryl/α,β-unsaturated/α-hetero) is 1. The molecule has 0 aliphatic rings. The Kier molecular flexibility index (Phi) is 2.66. The van der Waals surface area contributed by atoms with Crippen molar-refractivity contribution in [3.8, 4) is 5.75 Å². The van der Waals surface area contributed by atoms with Crippen LogP contribution < -0.4 is 4.74 Å². The highest BCUT2D eigenvalue weighted by molar-refractivity contribution is 5.94. The molecule has 13 heavy (non-hydrogen) atoms. The summed E-state index contributed by atoms with van der Waals surface area (Å²) in [6, 6.07) is 3.03. The van der Waals surface area contributed by atoms with Gasteiger partial charge in [-0.15, -0.1) is 0 Å². The molecule has 0 radical (unpaired) electrons. The van der Waals surface area contributed by atoms with E-state index in [1.807, 2.05) is 0 Å². The van der Waals surface area contributed by atoms with Crippen LogP contribution in [0.15, 0.2) is 12.1 Å². The van der Waals surface area contributed by atoms with Crippen molar-refractivity contribution in [2.75, 3.05) is 7.11 Å². The van der Waals surface area contributed by atoms with Crippen LogP contribution in [0.4, 0.5) is 4.39 Å². The van der Waals surface area contributed by atoms with Crippen molar-refractivity contribution in [3.05, 3.63) is 29.1 Å². The predicted octanol–water partition coefficient (Wildman–Crippen LogP) is 2.35. The lowest BCUT2D eigenvalue weighted by Crippen LogP contribution is -2.00. The number of ether oxygens (including phenoxy) is 1. The Hall–Kier alpha value is -1.38. The third kappa shape index (κ3) is 1.69. The van der Waals surface area contributed by atoms with E-state index in [4.69, 9.17) is 4.74 Å². The molecule has 3 heteroatoms. The van der Waals surface area contributed by atoms with Gasteiger partial charge in [-0.1, -0.05) is 0 Å². The molecule has 1 rings (SSSR count). The summed E-state index contributed by atoms with van der Waals surface area (Å²) < 4.78 is 18.3. The number of halogens is 1. The molecule has 0 saturated carbocycles. The van der Waals surface area contributed by atoms with Gasteiger partial charge in [-0.2, -0.15) is 0 Å². The van der Waals surface area contributed by atoms with Gasteiger partial charge in [-0.05, 0) is 26.0 Å². The highest BCUT2D eigenvalue weighted by Gasteiger charge is 2.12. The second-order valence-electron chi connectivity index (χ2n) is 2.81. The highest BCUT2D eigenvalue weighted by atomic mass is 19.1. The molecule has 0 amide bonds. The average Bonchev–Trinajstić information content (AvgIpc) is 2.09. The number of hydrogen-bond acceptors (Lipinski definition) is 2. The van der Waals surface area contributed by atoms with Crippen LogP contribution in [0.2, 0.25) is 0 Å². The molecule has 0 saturated heterocycles. The Morgan fingerprint density at radius 3 is 2.54 bits per heavy atom. The Morgan fingerprint density at radius 2 is 2.08 bits per heavy atom. The van der Waals surface area contributed by atoms with Crippen molar-refractivity contribution in [1.82, 2.24) is 0 Å². The number of hydrogen-bond donors (Lipinski definition) is 0. The first-order chi connectivity index (χ1) is 6.07. The third-order valence-corrected chi connectivity index (χ3v) is 1.94. The van der Waals surface area contributed by atoms with E-state index in [9.17, 15) is 9.18 Å². The van der Waals surface area contributed by atoms with E-state index in [1.54, 1.807) is 13.0 Å². The Morgan fingerprint density at radius 1 is 1.46 bits per heavy atom. The van der Waals surface area contributed by atoms with E-state index in [0.29, 0.717) is 11.3 Å². The van der Waals surface area contributed by atoms with Crippen LogP contribution in [0.25, 0.3) is 0 Å². The fourth-order valence-electron chi connectivity index (χ4n) is 1.16. The molecule has 0 atom stereocenters. The summed E-state index contributed by atoms with van der Waals surface area (Å²) in [4.78, 5) is 10.9. The maximum Gasteiger partial charge on any atom is 0.162 e. The zero-order chi connectivity index (χ0) is 10.0. The van der Waals surface area contributed by atoms with Gasteiger partial charge in [0.2, 0.25) is 0 Å². The zero-order valence-corrected chi connectivity index (χ0v) is 7.85. The topological polar surface area (TPSA) is 26.3 Å². The van der Waals surface area contributed by atoms with Gasteiger partial charge in [0.15, 0.2) is 5.78 Å². The minimum absolute atomic E-state index is 0.110. The maximum atomic E-state index is 13.4. The summed E-state index contributed by atoms with van der Waals surface area (Å²) in [6.45, 7) is 2.92. The Bertz CT molecular complexity index is 345. The maximum absolute atomic E-state index is 13.4. The number of benzene rings is 1. The van der Waals surface area contributed by atoms with Gasteiger partial charge >= 0.3 is 0 Å². The van der Waals surface area contributed by atoms with Crippen molar-refractivity contribution in [1.29, 1.82) is 0 Å². The van der Waals surface area contributed by atoms with Crippen molar-refractivity contribution >= 4 is 5.78 Å². The van der Waals surface area contributed by atoms with Gasteiger partial charge in [0.1, 0.15) is 11.6 Å². The molecule has 0 aliphatic heterocycles. The van der Waals surface area contributed by atoms with Gasteiger partial charge in [-0.25, -0.2) is 4.39 Å². The molecule has 1 aromatic rings. The van der Waals surface area contributed by atoms with E-state index < -0.39 is 5.82 Å². The Labute approximate surface area is 76.3 Å². The first-order valence-corrected chi connectivity index (χ1v) is 3.92. The minimum Gasteiger partial charge on any atom is -0.496 e. The fraction of sp³-hybridized carbons (Fsp3) is 0.300. The molecule has 0 bridgehead atoms. The summed E-state index contributed by atoms with van der Waals surface area (Å²) in [7, 11) is 1.47. The first kappa shape index (κ1) is 9.71. The SMILES string of the molecule is COc1ccc(C(C)=O)c(F)c1C. The largest absolute Gasteiger partial charge is 0.496 e. The van der Waals surface area contributed by atoms with Crippen LogP contribution in [-0.4, -0.2) is 12.9 Å². The second-order valence-corrected chi connectivity index (χ2v) is 2.81. The number of carbonyl (C=O) groups excluding carboxylic acids is 1. The van der Waals surface area contributed by atoms with Crippen LogP contribution in [0.3, 0.4) is 0 Å². The molecule has 0 aliphatic carbocycles.